The second-order valence-electron chi connectivity index (χ2n) is 4.80. The zero-order chi connectivity index (χ0) is 16.2. The van der Waals surface area contributed by atoms with Gasteiger partial charge in [0.05, 0.1) is 6.20 Å². The van der Waals surface area contributed by atoms with Gasteiger partial charge in [-0.2, -0.15) is 0 Å². The third kappa shape index (κ3) is 3.40. The van der Waals surface area contributed by atoms with Crippen LogP contribution < -0.4 is 5.32 Å². The van der Waals surface area contributed by atoms with Crippen LogP contribution in [0.4, 0.5) is 5.69 Å². The number of carbonyl (C=O) groups is 1. The number of rotatable bonds is 4. The summed E-state index contributed by atoms with van der Waals surface area (Å²) in [6, 6.07) is 13.5. The molecular weight excluding hydrogens is 356 g/mol. The van der Waals surface area contributed by atoms with Crippen LogP contribution in [0.2, 0.25) is 0 Å². The Morgan fingerprint density at radius 2 is 1.91 bits per heavy atom. The Bertz CT molecular complexity index is 840. The monoisotopic (exact) mass is 368 g/mol. The number of oxazole rings is 1. The lowest BCUT2D eigenvalue weighted by Gasteiger charge is -2.08. The minimum Gasteiger partial charge on any atom is -0.445 e. The minimum atomic E-state index is -0.232. The number of carbonyl (C=O) groups excluding carboxylic acids is 1. The highest BCUT2D eigenvalue weighted by Gasteiger charge is 2.09. The highest BCUT2D eigenvalue weighted by atomic mass is 79.9. The summed E-state index contributed by atoms with van der Waals surface area (Å²) in [4.78, 5) is 15.5. The smallest absolute Gasteiger partial charge is 0.247 e. The molecule has 0 unspecified atom stereocenters. The van der Waals surface area contributed by atoms with Crippen molar-refractivity contribution in [2.24, 2.45) is 0 Å². The van der Waals surface area contributed by atoms with Crippen LogP contribution in [-0.2, 0) is 4.79 Å². The van der Waals surface area contributed by atoms with Crippen molar-refractivity contribution in [2.45, 2.75) is 0 Å². The van der Waals surface area contributed by atoms with E-state index < -0.39 is 0 Å². The summed E-state index contributed by atoms with van der Waals surface area (Å²) in [5.74, 6) is 0.346. The molecule has 0 saturated carbocycles. The number of benzene rings is 2. The van der Waals surface area contributed by atoms with Gasteiger partial charge in [0.25, 0.3) is 0 Å². The van der Waals surface area contributed by atoms with Gasteiger partial charge in [-0.25, -0.2) is 4.98 Å². The number of hydrogen-bond donors (Lipinski definition) is 1. The quantitative estimate of drug-likeness (QED) is 0.666. The number of halogens is 1. The highest BCUT2D eigenvalue weighted by molar-refractivity contribution is 9.10. The predicted molar refractivity (Wildman–Crippen MR) is 93.9 cm³/mol. The number of amides is 1. The number of nitrogens with one attached hydrogen (secondary N) is 1. The molecule has 0 bridgehead atoms. The van der Waals surface area contributed by atoms with E-state index in [-0.39, 0.29) is 5.91 Å². The SMILES string of the molecule is C=CC(=O)Nc1ccc(-c2cc(-c3ncco3)ccc2Br)cc1. The van der Waals surface area contributed by atoms with Crippen LogP contribution in [0, 0.1) is 0 Å². The summed E-state index contributed by atoms with van der Waals surface area (Å²) < 4.78 is 6.31. The molecule has 4 nitrogen and oxygen atoms in total. The Morgan fingerprint density at radius 1 is 1.17 bits per heavy atom. The molecule has 23 heavy (non-hydrogen) atoms. The van der Waals surface area contributed by atoms with Gasteiger partial charge >= 0.3 is 0 Å². The van der Waals surface area contributed by atoms with Crippen molar-refractivity contribution >= 4 is 27.5 Å². The van der Waals surface area contributed by atoms with Gasteiger partial charge in [0.1, 0.15) is 6.26 Å². The molecule has 0 fully saturated rings. The molecule has 114 valence electrons. The number of anilines is 1. The number of aromatic nitrogens is 1. The number of nitrogens with zero attached hydrogens (tertiary/aromatic N) is 1. The van der Waals surface area contributed by atoms with Crippen molar-refractivity contribution in [1.29, 1.82) is 0 Å². The van der Waals surface area contributed by atoms with Gasteiger partial charge in [-0.3, -0.25) is 4.79 Å². The van der Waals surface area contributed by atoms with Crippen molar-refractivity contribution in [2.75, 3.05) is 5.32 Å². The molecule has 0 aliphatic heterocycles. The third-order valence-corrected chi connectivity index (χ3v) is 3.99. The predicted octanol–water partition coefficient (Wildman–Crippen LogP) is 4.90. The van der Waals surface area contributed by atoms with E-state index in [1.54, 1.807) is 12.5 Å². The van der Waals surface area contributed by atoms with E-state index in [0.29, 0.717) is 5.89 Å². The van der Waals surface area contributed by atoms with Gasteiger partial charge < -0.3 is 9.73 Å². The van der Waals surface area contributed by atoms with Crippen LogP contribution in [0.1, 0.15) is 0 Å². The molecule has 3 aromatic rings. The van der Waals surface area contributed by atoms with Gasteiger partial charge in [0.2, 0.25) is 11.8 Å². The molecule has 1 aromatic heterocycles. The summed E-state index contributed by atoms with van der Waals surface area (Å²) in [6.07, 6.45) is 4.41. The normalized spacial score (nSPS) is 10.3. The van der Waals surface area contributed by atoms with Crippen molar-refractivity contribution in [3.8, 4) is 22.6 Å². The van der Waals surface area contributed by atoms with Gasteiger partial charge in [-0.05, 0) is 47.5 Å². The zero-order valence-corrected chi connectivity index (χ0v) is 13.7. The highest BCUT2D eigenvalue weighted by Crippen LogP contribution is 2.32. The maximum Gasteiger partial charge on any atom is 0.247 e. The topological polar surface area (TPSA) is 55.1 Å². The fourth-order valence-electron chi connectivity index (χ4n) is 2.17. The van der Waals surface area contributed by atoms with Crippen molar-refractivity contribution in [1.82, 2.24) is 4.98 Å². The molecule has 2 aromatic carbocycles. The molecule has 1 amide bonds. The Balaban J connectivity index is 1.93. The van der Waals surface area contributed by atoms with E-state index in [4.69, 9.17) is 4.42 Å². The van der Waals surface area contributed by atoms with Crippen LogP contribution in [-0.4, -0.2) is 10.9 Å². The summed E-state index contributed by atoms with van der Waals surface area (Å²) in [7, 11) is 0. The Hall–Kier alpha value is -2.66. The van der Waals surface area contributed by atoms with E-state index in [9.17, 15) is 4.79 Å². The summed E-state index contributed by atoms with van der Waals surface area (Å²) in [5.41, 5.74) is 3.65. The van der Waals surface area contributed by atoms with Crippen LogP contribution in [0.25, 0.3) is 22.6 Å². The second kappa shape index (κ2) is 6.62. The lowest BCUT2D eigenvalue weighted by molar-refractivity contribution is -0.111. The first-order valence-corrected chi connectivity index (χ1v) is 7.70. The Labute approximate surface area is 142 Å². The average molecular weight is 369 g/mol. The maximum absolute atomic E-state index is 11.3. The standard InChI is InChI=1S/C18H13BrN2O2/c1-2-17(22)21-14-6-3-12(4-7-14)15-11-13(5-8-16(15)19)18-20-9-10-23-18/h2-11H,1H2,(H,21,22). The van der Waals surface area contributed by atoms with Gasteiger partial charge in [-0.1, -0.05) is 34.6 Å². The Morgan fingerprint density at radius 3 is 2.57 bits per heavy atom. The van der Waals surface area contributed by atoms with Crippen molar-refractivity contribution in [3.63, 3.8) is 0 Å². The largest absolute Gasteiger partial charge is 0.445 e. The molecule has 1 heterocycles. The maximum atomic E-state index is 11.3. The first kappa shape index (κ1) is 15.2. The van der Waals surface area contributed by atoms with Crippen molar-refractivity contribution < 1.29 is 9.21 Å². The minimum absolute atomic E-state index is 0.232. The molecule has 0 spiro atoms. The summed E-state index contributed by atoms with van der Waals surface area (Å²) >= 11 is 3.57. The van der Waals surface area contributed by atoms with Crippen LogP contribution in [0.3, 0.4) is 0 Å². The lowest BCUT2D eigenvalue weighted by Crippen LogP contribution is -2.06. The molecule has 0 saturated heterocycles. The fourth-order valence-corrected chi connectivity index (χ4v) is 2.65. The van der Waals surface area contributed by atoms with Crippen molar-refractivity contribution in [3.05, 3.63) is 72.1 Å². The van der Waals surface area contributed by atoms with Gasteiger partial charge in [-0.15, -0.1) is 0 Å². The van der Waals surface area contributed by atoms with E-state index in [0.717, 1.165) is 26.9 Å². The van der Waals surface area contributed by atoms with E-state index in [2.05, 4.69) is 32.8 Å². The van der Waals surface area contributed by atoms with Crippen LogP contribution in [0.5, 0.6) is 0 Å². The van der Waals surface area contributed by atoms with Gasteiger partial charge in [0.15, 0.2) is 0 Å². The van der Waals surface area contributed by atoms with E-state index >= 15 is 0 Å². The van der Waals surface area contributed by atoms with E-state index in [1.807, 2.05) is 42.5 Å². The molecule has 5 heteroatoms. The van der Waals surface area contributed by atoms with E-state index in [1.165, 1.54) is 6.08 Å². The molecule has 0 atom stereocenters. The lowest BCUT2D eigenvalue weighted by atomic mass is 10.0. The van der Waals surface area contributed by atoms with Gasteiger partial charge in [0, 0.05) is 15.7 Å². The number of hydrogen-bond acceptors (Lipinski definition) is 3. The Kier molecular flexibility index (Phi) is 4.39. The summed E-state index contributed by atoms with van der Waals surface area (Å²) in [5, 5.41) is 2.72. The first-order valence-electron chi connectivity index (χ1n) is 6.90. The molecular formula is C18H13BrN2O2. The zero-order valence-electron chi connectivity index (χ0n) is 12.1. The fraction of sp³-hybridized carbons (Fsp3) is 0. The average Bonchev–Trinajstić information content (AvgIpc) is 3.10. The molecule has 3 rings (SSSR count). The second-order valence-corrected chi connectivity index (χ2v) is 5.66. The third-order valence-electron chi connectivity index (χ3n) is 3.29. The molecule has 0 aliphatic carbocycles. The summed E-state index contributed by atoms with van der Waals surface area (Å²) in [6.45, 7) is 3.43. The van der Waals surface area contributed by atoms with Crippen LogP contribution >= 0.6 is 15.9 Å². The molecule has 0 radical (unpaired) electrons. The first-order chi connectivity index (χ1) is 11.2. The molecule has 0 aliphatic rings. The molecule has 1 N–H and O–H groups in total. The van der Waals surface area contributed by atoms with Crippen LogP contribution in [0.15, 0.2) is 76.5 Å².